The minimum Gasteiger partial charge on any atom is -0.476 e. The third kappa shape index (κ3) is 4.61. The van der Waals surface area contributed by atoms with Crippen molar-refractivity contribution in [1.82, 2.24) is 19.5 Å². The number of anilines is 1. The van der Waals surface area contributed by atoms with E-state index in [1.54, 1.807) is 18.4 Å². The van der Waals surface area contributed by atoms with Crippen molar-refractivity contribution in [1.29, 1.82) is 0 Å². The van der Waals surface area contributed by atoms with Crippen LogP contribution in [0.4, 0.5) is 10.7 Å². The van der Waals surface area contributed by atoms with Crippen LogP contribution < -0.4 is 10.5 Å². The van der Waals surface area contributed by atoms with E-state index in [2.05, 4.69) is 15.0 Å². The van der Waals surface area contributed by atoms with Crippen LogP contribution in [0.3, 0.4) is 0 Å². The fraction of sp³-hybridized carbons (Fsp3) is 0.500. The van der Waals surface area contributed by atoms with Gasteiger partial charge in [0.05, 0.1) is 32.3 Å². The highest BCUT2D eigenvalue weighted by molar-refractivity contribution is 7.48. The Hall–Kier alpha value is -3.29. The van der Waals surface area contributed by atoms with Crippen LogP contribution in [0.5, 0.6) is 5.88 Å². The van der Waals surface area contributed by atoms with Crippen molar-refractivity contribution in [3.8, 4) is 5.88 Å². The van der Waals surface area contributed by atoms with Crippen LogP contribution in [0.2, 0.25) is 0 Å². The van der Waals surface area contributed by atoms with Crippen molar-refractivity contribution >= 4 is 31.1 Å². The lowest BCUT2D eigenvalue weighted by atomic mass is 9.96. The molecular formula is C24H28N5O9P. The zero-order valence-electron chi connectivity index (χ0n) is 21.5. The van der Waals surface area contributed by atoms with Crippen LogP contribution in [-0.4, -0.2) is 63.3 Å². The van der Waals surface area contributed by atoms with Crippen molar-refractivity contribution in [2.24, 2.45) is 0 Å². The molecule has 2 aromatic heterocycles. The van der Waals surface area contributed by atoms with E-state index in [1.165, 1.54) is 6.33 Å². The fourth-order valence-corrected chi connectivity index (χ4v) is 6.51. The van der Waals surface area contributed by atoms with Crippen LogP contribution in [0.25, 0.3) is 11.2 Å². The van der Waals surface area contributed by atoms with Gasteiger partial charge in [0.1, 0.15) is 6.10 Å². The number of aryl methyl sites for hydroxylation is 1. The molecule has 1 aromatic carbocycles. The maximum Gasteiger partial charge on any atom is 0.509 e. The molecule has 6 rings (SSSR count). The Kier molecular flexibility index (Phi) is 6.47. The minimum absolute atomic E-state index is 0.0280. The Labute approximate surface area is 223 Å². The van der Waals surface area contributed by atoms with E-state index >= 15 is 0 Å². The molecule has 208 valence electrons. The summed E-state index contributed by atoms with van der Waals surface area (Å²) in [6, 6.07) is 7.75. The molecule has 5 heterocycles. The summed E-state index contributed by atoms with van der Waals surface area (Å²) in [6.07, 6.45) is -2.06. The Balaban J connectivity index is 1.24. The van der Waals surface area contributed by atoms with Gasteiger partial charge in [0.15, 0.2) is 29.1 Å². The fourth-order valence-electron chi connectivity index (χ4n) is 5.12. The second-order valence-corrected chi connectivity index (χ2v) is 11.2. The Morgan fingerprint density at radius 2 is 2.15 bits per heavy atom. The zero-order chi connectivity index (χ0) is 27.4. The number of imidazole rings is 1. The predicted molar refractivity (Wildman–Crippen MR) is 134 cm³/mol. The molecule has 3 saturated heterocycles. The van der Waals surface area contributed by atoms with E-state index in [4.69, 9.17) is 38.3 Å². The summed E-state index contributed by atoms with van der Waals surface area (Å²) in [4.78, 5) is 25.0. The Morgan fingerprint density at radius 1 is 1.31 bits per heavy atom. The minimum atomic E-state index is -3.95. The molecule has 0 amide bonds. The number of carbonyl (C=O) groups is 1. The Bertz CT molecular complexity index is 1470. The predicted octanol–water partition coefficient (Wildman–Crippen LogP) is 3.61. The smallest absolute Gasteiger partial charge is 0.476 e. The second-order valence-electron chi connectivity index (χ2n) is 9.62. The van der Waals surface area contributed by atoms with Crippen molar-refractivity contribution in [2.45, 2.75) is 57.3 Å². The summed E-state index contributed by atoms with van der Waals surface area (Å²) in [6.45, 7) is 5.71. The highest BCUT2D eigenvalue weighted by Gasteiger charge is 2.64. The molecule has 3 fully saturated rings. The van der Waals surface area contributed by atoms with E-state index in [9.17, 15) is 9.36 Å². The molecule has 14 nitrogen and oxygen atoms in total. The molecule has 0 spiro atoms. The van der Waals surface area contributed by atoms with Crippen LogP contribution >= 0.6 is 7.82 Å². The first kappa shape index (κ1) is 26.0. The number of nitrogen functional groups attached to an aromatic ring is 1. The van der Waals surface area contributed by atoms with E-state index < -0.39 is 44.1 Å². The lowest BCUT2D eigenvalue weighted by molar-refractivity contribution is -0.0925. The Morgan fingerprint density at radius 3 is 2.95 bits per heavy atom. The highest BCUT2D eigenvalue weighted by Crippen LogP contribution is 2.58. The first-order chi connectivity index (χ1) is 18.7. The van der Waals surface area contributed by atoms with Gasteiger partial charge in [0.25, 0.3) is 0 Å². The third-order valence-corrected chi connectivity index (χ3v) is 8.34. The van der Waals surface area contributed by atoms with Gasteiger partial charge in [-0.1, -0.05) is 29.8 Å². The SMILES string of the molecule is CCOc1nc(N)nc2c1ncn2[C@@H]1O[C@H](CO[P@]2(=O)OCC[C@H](c3cccc(C)c3)O2)[C@H]2OC(=O)O[C@]21C. The average molecular weight is 561 g/mol. The maximum atomic E-state index is 13.4. The number of rotatable bonds is 7. The van der Waals surface area contributed by atoms with Gasteiger partial charge >= 0.3 is 14.0 Å². The van der Waals surface area contributed by atoms with Crippen LogP contribution in [0.15, 0.2) is 30.6 Å². The number of hydrogen-bond donors (Lipinski definition) is 1. The molecule has 0 saturated carbocycles. The third-order valence-electron chi connectivity index (χ3n) is 6.86. The summed E-state index contributed by atoms with van der Waals surface area (Å²) in [5.41, 5.74) is 7.21. The summed E-state index contributed by atoms with van der Waals surface area (Å²) < 4.78 is 54.7. The summed E-state index contributed by atoms with van der Waals surface area (Å²) >= 11 is 0. The van der Waals surface area contributed by atoms with Crippen molar-refractivity contribution in [3.05, 3.63) is 41.7 Å². The van der Waals surface area contributed by atoms with E-state index in [0.29, 0.717) is 24.2 Å². The molecule has 0 bridgehead atoms. The lowest BCUT2D eigenvalue weighted by Crippen LogP contribution is -2.42. The van der Waals surface area contributed by atoms with Gasteiger partial charge in [0.2, 0.25) is 11.8 Å². The quantitative estimate of drug-likeness (QED) is 0.328. The molecule has 6 atom stereocenters. The van der Waals surface area contributed by atoms with Gasteiger partial charge in [-0.25, -0.2) is 14.3 Å². The molecule has 0 unspecified atom stereocenters. The molecule has 0 aliphatic carbocycles. The normalized spacial score (nSPS) is 32.1. The molecule has 15 heteroatoms. The second kappa shape index (κ2) is 9.72. The number of benzene rings is 1. The van der Waals surface area contributed by atoms with Gasteiger partial charge in [-0.15, -0.1) is 0 Å². The monoisotopic (exact) mass is 561 g/mol. The van der Waals surface area contributed by atoms with Crippen LogP contribution in [-0.2, 0) is 32.3 Å². The number of hydrogen-bond acceptors (Lipinski definition) is 13. The largest absolute Gasteiger partial charge is 0.509 e. The molecule has 0 radical (unpaired) electrons. The average Bonchev–Trinajstić information content (AvgIpc) is 3.52. The number of ether oxygens (including phenoxy) is 4. The van der Waals surface area contributed by atoms with Crippen molar-refractivity contribution in [2.75, 3.05) is 25.6 Å². The number of nitrogens with two attached hydrogens (primary N) is 1. The number of nitrogens with zero attached hydrogens (tertiary/aromatic N) is 4. The van der Waals surface area contributed by atoms with Gasteiger partial charge in [0, 0.05) is 6.42 Å². The van der Waals surface area contributed by atoms with Gasteiger partial charge < -0.3 is 24.7 Å². The van der Waals surface area contributed by atoms with Gasteiger partial charge in [-0.2, -0.15) is 9.97 Å². The maximum absolute atomic E-state index is 13.4. The van der Waals surface area contributed by atoms with E-state index in [1.807, 2.05) is 31.2 Å². The van der Waals surface area contributed by atoms with Gasteiger partial charge in [-0.05, 0) is 26.3 Å². The summed E-state index contributed by atoms with van der Waals surface area (Å²) in [5.74, 6) is 0.186. The number of aromatic nitrogens is 4. The van der Waals surface area contributed by atoms with E-state index in [-0.39, 0.29) is 25.0 Å². The van der Waals surface area contributed by atoms with Gasteiger partial charge in [-0.3, -0.25) is 18.1 Å². The first-order valence-electron chi connectivity index (χ1n) is 12.5. The van der Waals surface area contributed by atoms with Crippen molar-refractivity contribution in [3.63, 3.8) is 0 Å². The molecule has 2 N–H and O–H groups in total. The number of fused-ring (bicyclic) bond motifs is 2. The number of phosphoric ester groups is 1. The molecule has 3 aromatic rings. The lowest BCUT2D eigenvalue weighted by Gasteiger charge is -2.30. The number of carbonyl (C=O) groups excluding carboxylic acids is 1. The summed E-state index contributed by atoms with van der Waals surface area (Å²) in [5, 5.41) is 0. The standard InChI is InChI=1S/C24H28N5O9P/c1-4-32-20-17-19(27-22(25)28-20)29(12-26-17)21-24(3)18(36-23(30)37-24)16(35-21)11-34-39(31)33-9-8-15(38-39)14-7-5-6-13(2)10-14/h5-7,10,12,15-16,18,21H,4,8-9,11H2,1-3H3,(H2,25,27,28)/t15-,16-,18-,21-,24-,39+/m1/s1. The topological polar surface area (TPSA) is 168 Å². The number of phosphoric acid groups is 1. The van der Waals surface area contributed by atoms with E-state index in [0.717, 1.165) is 11.1 Å². The molecular weight excluding hydrogens is 533 g/mol. The van der Waals surface area contributed by atoms with Crippen LogP contribution in [0.1, 0.15) is 43.7 Å². The molecule has 3 aliphatic rings. The first-order valence-corrected chi connectivity index (χ1v) is 14.0. The zero-order valence-corrected chi connectivity index (χ0v) is 22.4. The van der Waals surface area contributed by atoms with Crippen LogP contribution in [0, 0.1) is 6.92 Å². The summed E-state index contributed by atoms with van der Waals surface area (Å²) in [7, 11) is -3.95. The molecule has 3 aliphatic heterocycles. The van der Waals surface area contributed by atoms with Crippen molar-refractivity contribution < 1.29 is 41.9 Å². The molecule has 39 heavy (non-hydrogen) atoms. The highest BCUT2D eigenvalue weighted by atomic mass is 31.2.